The second kappa shape index (κ2) is 6.99. The van der Waals surface area contributed by atoms with Crippen molar-refractivity contribution in [2.24, 2.45) is 0 Å². The summed E-state index contributed by atoms with van der Waals surface area (Å²) in [4.78, 5) is 16.5. The van der Waals surface area contributed by atoms with Crippen LogP contribution in [0.25, 0.3) is 21.9 Å². The Morgan fingerprint density at radius 1 is 1.19 bits per heavy atom. The molecule has 3 aromatic rings. The van der Waals surface area contributed by atoms with Gasteiger partial charge in [-0.1, -0.05) is 23.7 Å². The Balaban J connectivity index is 2.14. The van der Waals surface area contributed by atoms with Gasteiger partial charge in [-0.3, -0.25) is 9.78 Å². The summed E-state index contributed by atoms with van der Waals surface area (Å²) in [6.07, 6.45) is 3.49. The van der Waals surface area contributed by atoms with E-state index in [0.29, 0.717) is 10.6 Å². The zero-order valence-electron chi connectivity index (χ0n) is 14.2. The van der Waals surface area contributed by atoms with Crippen LogP contribution in [0.1, 0.15) is 19.4 Å². The van der Waals surface area contributed by atoms with E-state index in [4.69, 9.17) is 16.9 Å². The summed E-state index contributed by atoms with van der Waals surface area (Å²) in [5.41, 5.74) is 2.11. The van der Waals surface area contributed by atoms with Crippen LogP contribution in [0.15, 0.2) is 53.7 Å². The number of nitrogens with zero attached hydrogens (tertiary/aromatic N) is 2. The molecule has 0 amide bonds. The minimum atomic E-state index is -0.938. The molecule has 1 heterocycles. The summed E-state index contributed by atoms with van der Waals surface area (Å²) in [7, 11) is 0. The molecule has 6 heteroatoms. The van der Waals surface area contributed by atoms with Gasteiger partial charge in [-0.05, 0) is 43.5 Å². The Labute approximate surface area is 160 Å². The molecule has 26 heavy (non-hydrogen) atoms. The lowest BCUT2D eigenvalue weighted by Gasteiger charge is -2.19. The van der Waals surface area contributed by atoms with Crippen LogP contribution in [0.2, 0.25) is 5.02 Å². The van der Waals surface area contributed by atoms with Gasteiger partial charge in [-0.2, -0.15) is 5.26 Å². The molecule has 2 aromatic carbocycles. The highest BCUT2D eigenvalue weighted by Crippen LogP contribution is 2.38. The van der Waals surface area contributed by atoms with Gasteiger partial charge in [0.1, 0.15) is 4.75 Å². The average molecular weight is 383 g/mol. The maximum absolute atomic E-state index is 11.4. The van der Waals surface area contributed by atoms with Crippen molar-refractivity contribution in [2.45, 2.75) is 23.5 Å². The van der Waals surface area contributed by atoms with E-state index >= 15 is 0 Å². The lowest BCUT2D eigenvalue weighted by atomic mass is 10.00. The molecule has 0 radical (unpaired) electrons. The zero-order valence-corrected chi connectivity index (χ0v) is 15.7. The minimum Gasteiger partial charge on any atom is -0.480 e. The standard InChI is InChI=1S/C20H15ClN2O2S/c1-20(2,19(24)25)26-14-5-4-13-10-23-11-17(16(13)8-14)15-6-3-12(9-22)7-18(15)21/h3-8,10-11H,1-2H3,(H,24,25). The number of rotatable bonds is 4. The molecule has 0 saturated heterocycles. The fourth-order valence-corrected chi connectivity index (χ4v) is 3.83. The van der Waals surface area contributed by atoms with Crippen LogP contribution in [-0.4, -0.2) is 20.8 Å². The van der Waals surface area contributed by atoms with Crippen molar-refractivity contribution in [2.75, 3.05) is 0 Å². The molecule has 0 aliphatic rings. The van der Waals surface area contributed by atoms with Crippen molar-refractivity contribution in [3.63, 3.8) is 0 Å². The lowest BCUT2D eigenvalue weighted by Crippen LogP contribution is -2.26. The third-order valence-corrected chi connectivity index (χ3v) is 5.50. The van der Waals surface area contributed by atoms with Crippen molar-refractivity contribution in [3.8, 4) is 17.2 Å². The van der Waals surface area contributed by atoms with Crippen molar-refractivity contribution < 1.29 is 9.90 Å². The second-order valence-corrected chi connectivity index (χ2v) is 8.40. The third-order valence-electron chi connectivity index (χ3n) is 4.01. The first-order chi connectivity index (χ1) is 12.3. The number of thioether (sulfide) groups is 1. The van der Waals surface area contributed by atoms with Crippen molar-refractivity contribution in [1.29, 1.82) is 5.26 Å². The van der Waals surface area contributed by atoms with Gasteiger partial charge in [-0.15, -0.1) is 11.8 Å². The predicted molar refractivity (Wildman–Crippen MR) is 104 cm³/mol. The largest absolute Gasteiger partial charge is 0.480 e. The Kier molecular flexibility index (Phi) is 4.90. The highest BCUT2D eigenvalue weighted by atomic mass is 35.5. The highest BCUT2D eigenvalue weighted by molar-refractivity contribution is 8.01. The number of aliphatic carboxylic acids is 1. The van der Waals surface area contributed by atoms with E-state index < -0.39 is 10.7 Å². The number of carbonyl (C=O) groups is 1. The predicted octanol–water partition coefficient (Wildman–Crippen LogP) is 5.38. The molecule has 1 N–H and O–H groups in total. The summed E-state index contributed by atoms with van der Waals surface area (Å²) in [6, 6.07) is 13.0. The van der Waals surface area contributed by atoms with Crippen LogP contribution in [0, 0.1) is 11.3 Å². The molecule has 0 fully saturated rings. The molecule has 0 bridgehead atoms. The summed E-state index contributed by atoms with van der Waals surface area (Å²) in [6.45, 7) is 3.35. The topological polar surface area (TPSA) is 74.0 Å². The van der Waals surface area contributed by atoms with Gasteiger partial charge >= 0.3 is 5.97 Å². The van der Waals surface area contributed by atoms with Crippen LogP contribution >= 0.6 is 23.4 Å². The minimum absolute atomic E-state index is 0.474. The molecule has 4 nitrogen and oxygen atoms in total. The zero-order chi connectivity index (χ0) is 18.9. The molecule has 0 unspecified atom stereocenters. The number of pyridine rings is 1. The Morgan fingerprint density at radius 2 is 1.96 bits per heavy atom. The first kappa shape index (κ1) is 18.2. The van der Waals surface area contributed by atoms with Crippen molar-refractivity contribution in [1.82, 2.24) is 4.98 Å². The summed E-state index contributed by atoms with van der Waals surface area (Å²) < 4.78 is -0.938. The quantitative estimate of drug-likeness (QED) is 0.613. The molecule has 0 spiro atoms. The van der Waals surface area contributed by atoms with E-state index in [1.807, 2.05) is 18.2 Å². The van der Waals surface area contributed by atoms with Crippen LogP contribution in [0.5, 0.6) is 0 Å². The molecule has 0 atom stereocenters. The second-order valence-electron chi connectivity index (χ2n) is 6.29. The summed E-state index contributed by atoms with van der Waals surface area (Å²) in [5, 5.41) is 20.7. The highest BCUT2D eigenvalue weighted by Gasteiger charge is 2.28. The van der Waals surface area contributed by atoms with E-state index in [0.717, 1.165) is 26.8 Å². The van der Waals surface area contributed by atoms with E-state index in [2.05, 4.69) is 11.1 Å². The van der Waals surface area contributed by atoms with Crippen LogP contribution < -0.4 is 0 Å². The average Bonchev–Trinajstić information content (AvgIpc) is 2.60. The molecule has 0 aliphatic carbocycles. The SMILES string of the molecule is CC(C)(Sc1ccc2cncc(-c3ccc(C#N)cc3Cl)c2c1)C(=O)O. The molecule has 130 valence electrons. The fourth-order valence-electron chi connectivity index (χ4n) is 2.56. The maximum Gasteiger partial charge on any atom is 0.319 e. The Morgan fingerprint density at radius 3 is 2.62 bits per heavy atom. The normalized spacial score (nSPS) is 11.3. The number of hydrogen-bond acceptors (Lipinski definition) is 4. The smallest absolute Gasteiger partial charge is 0.319 e. The molecule has 3 rings (SSSR count). The fraction of sp³-hybridized carbons (Fsp3) is 0.150. The first-order valence-electron chi connectivity index (χ1n) is 7.82. The van der Waals surface area contributed by atoms with E-state index in [1.54, 1.807) is 44.4 Å². The lowest BCUT2D eigenvalue weighted by molar-refractivity contribution is -0.138. The number of carboxylic acid groups (broad SMARTS) is 1. The molecular formula is C20H15ClN2O2S. The molecule has 0 saturated carbocycles. The maximum atomic E-state index is 11.4. The Bertz CT molecular complexity index is 1060. The van der Waals surface area contributed by atoms with Gasteiger partial charge in [0.25, 0.3) is 0 Å². The van der Waals surface area contributed by atoms with Crippen LogP contribution in [-0.2, 0) is 4.79 Å². The first-order valence-corrected chi connectivity index (χ1v) is 9.01. The van der Waals surface area contributed by atoms with Gasteiger partial charge in [-0.25, -0.2) is 0 Å². The summed E-state index contributed by atoms with van der Waals surface area (Å²) in [5.74, 6) is -0.868. The van der Waals surface area contributed by atoms with Gasteiger partial charge in [0, 0.05) is 38.8 Å². The van der Waals surface area contributed by atoms with E-state index in [-0.39, 0.29) is 0 Å². The molecule has 0 aliphatic heterocycles. The van der Waals surface area contributed by atoms with Gasteiger partial charge in [0.05, 0.1) is 11.6 Å². The third kappa shape index (κ3) is 3.52. The monoisotopic (exact) mass is 382 g/mol. The Hall–Kier alpha value is -2.55. The number of halogens is 1. The van der Waals surface area contributed by atoms with Gasteiger partial charge < -0.3 is 5.11 Å². The number of fused-ring (bicyclic) bond motifs is 1. The molecular weight excluding hydrogens is 368 g/mol. The van der Waals surface area contributed by atoms with Crippen LogP contribution in [0.3, 0.4) is 0 Å². The van der Waals surface area contributed by atoms with E-state index in [1.165, 1.54) is 11.8 Å². The van der Waals surface area contributed by atoms with Crippen molar-refractivity contribution >= 4 is 40.1 Å². The number of aromatic nitrogens is 1. The van der Waals surface area contributed by atoms with Crippen molar-refractivity contribution in [3.05, 3.63) is 59.4 Å². The van der Waals surface area contributed by atoms with Crippen LogP contribution in [0.4, 0.5) is 0 Å². The number of nitriles is 1. The number of benzene rings is 2. The summed E-state index contributed by atoms with van der Waals surface area (Å²) >= 11 is 7.66. The van der Waals surface area contributed by atoms with E-state index in [9.17, 15) is 9.90 Å². The van der Waals surface area contributed by atoms with Gasteiger partial charge in [0.15, 0.2) is 0 Å². The number of hydrogen-bond donors (Lipinski definition) is 1. The number of carboxylic acids is 1. The van der Waals surface area contributed by atoms with Gasteiger partial charge in [0.2, 0.25) is 0 Å². The molecule has 1 aromatic heterocycles.